The van der Waals surface area contributed by atoms with Gasteiger partial charge in [-0.2, -0.15) is 0 Å². The van der Waals surface area contributed by atoms with Crippen molar-refractivity contribution in [3.05, 3.63) is 0 Å². The number of likely N-dealkylation sites (tertiary alicyclic amines) is 1. The van der Waals surface area contributed by atoms with Crippen LogP contribution in [0.3, 0.4) is 0 Å². The van der Waals surface area contributed by atoms with Gasteiger partial charge in [0.2, 0.25) is 5.78 Å². The lowest BCUT2D eigenvalue weighted by atomic mass is 9.93. The van der Waals surface area contributed by atoms with Crippen LogP contribution in [0.2, 0.25) is 0 Å². The summed E-state index contributed by atoms with van der Waals surface area (Å²) >= 11 is 0. The molecule has 7 nitrogen and oxygen atoms in total. The van der Waals surface area contributed by atoms with Crippen LogP contribution in [0, 0.1) is 11.8 Å². The van der Waals surface area contributed by atoms with Crippen LogP contribution in [0.5, 0.6) is 0 Å². The molecule has 2 aliphatic heterocycles. The molecule has 4 atom stereocenters. The van der Waals surface area contributed by atoms with E-state index >= 15 is 0 Å². The molecule has 2 fully saturated rings. The van der Waals surface area contributed by atoms with Gasteiger partial charge in [-0.3, -0.25) is 9.59 Å². The van der Waals surface area contributed by atoms with Gasteiger partial charge in [-0.15, -0.1) is 0 Å². The van der Waals surface area contributed by atoms with Crippen molar-refractivity contribution in [2.75, 3.05) is 6.54 Å². The first-order valence-corrected chi connectivity index (χ1v) is 8.16. The quantitative estimate of drug-likeness (QED) is 0.743. The van der Waals surface area contributed by atoms with Crippen LogP contribution in [0.15, 0.2) is 0 Å². The van der Waals surface area contributed by atoms with Gasteiger partial charge < -0.3 is 19.8 Å². The fraction of sp³-hybridized carbons (Fsp3) is 0.812. The molecule has 2 aliphatic rings. The normalized spacial score (nSPS) is 35.4. The Morgan fingerprint density at radius 2 is 1.96 bits per heavy atom. The van der Waals surface area contributed by atoms with E-state index in [9.17, 15) is 24.6 Å². The third kappa shape index (κ3) is 3.26. The van der Waals surface area contributed by atoms with Crippen LogP contribution in [0.25, 0.3) is 0 Å². The summed E-state index contributed by atoms with van der Waals surface area (Å²) in [6.07, 6.45) is 1.51. The molecule has 0 aromatic heterocycles. The second kappa shape index (κ2) is 6.57. The molecular formula is C16H25NO6. The lowest BCUT2D eigenvalue weighted by Crippen LogP contribution is -2.59. The van der Waals surface area contributed by atoms with Crippen molar-refractivity contribution in [3.63, 3.8) is 0 Å². The molecule has 23 heavy (non-hydrogen) atoms. The summed E-state index contributed by atoms with van der Waals surface area (Å²) in [5.74, 6) is -5.81. The monoisotopic (exact) mass is 327 g/mol. The lowest BCUT2D eigenvalue weighted by molar-refractivity contribution is -0.231. The van der Waals surface area contributed by atoms with Gasteiger partial charge in [-0.1, -0.05) is 20.8 Å². The molecule has 7 heteroatoms. The number of carboxylic acid groups (broad SMARTS) is 1. The number of amides is 1. The summed E-state index contributed by atoms with van der Waals surface area (Å²) in [5.41, 5.74) is 0. The highest BCUT2D eigenvalue weighted by molar-refractivity contribution is 6.09. The van der Waals surface area contributed by atoms with E-state index in [0.29, 0.717) is 25.7 Å². The van der Waals surface area contributed by atoms with Gasteiger partial charge in [-0.25, -0.2) is 4.79 Å². The van der Waals surface area contributed by atoms with Crippen molar-refractivity contribution in [2.45, 2.75) is 64.4 Å². The first-order valence-electron chi connectivity index (χ1n) is 8.16. The number of hydrogen-bond donors (Lipinski definition) is 2. The fourth-order valence-electron chi connectivity index (χ4n) is 3.30. The number of Topliss-reactive ketones (excluding diaryl/α,β-unsaturated/α-hetero) is 1. The molecule has 0 aliphatic carbocycles. The van der Waals surface area contributed by atoms with Gasteiger partial charge in [0.1, 0.15) is 6.04 Å². The van der Waals surface area contributed by atoms with Crippen molar-refractivity contribution in [1.29, 1.82) is 0 Å². The Balaban J connectivity index is 2.33. The first-order chi connectivity index (χ1) is 10.7. The number of aliphatic carboxylic acids is 1. The molecule has 1 amide bonds. The molecule has 130 valence electrons. The van der Waals surface area contributed by atoms with Gasteiger partial charge in [0.15, 0.2) is 0 Å². The molecule has 2 rings (SSSR count). The summed E-state index contributed by atoms with van der Waals surface area (Å²) in [7, 11) is 0. The predicted octanol–water partition coefficient (Wildman–Crippen LogP) is 0.791. The van der Waals surface area contributed by atoms with Gasteiger partial charge in [0.05, 0.1) is 6.10 Å². The third-order valence-corrected chi connectivity index (χ3v) is 4.82. The van der Waals surface area contributed by atoms with Crippen LogP contribution in [0.1, 0.15) is 46.5 Å². The molecular weight excluding hydrogens is 302 g/mol. The summed E-state index contributed by atoms with van der Waals surface area (Å²) in [4.78, 5) is 37.7. The molecule has 0 aromatic rings. The smallest absolute Gasteiger partial charge is 0.326 e. The average molecular weight is 327 g/mol. The number of ether oxygens (including phenoxy) is 1. The van der Waals surface area contributed by atoms with Crippen molar-refractivity contribution < 1.29 is 29.3 Å². The fourth-order valence-corrected chi connectivity index (χ4v) is 3.30. The number of carbonyl (C=O) groups is 3. The maximum absolute atomic E-state index is 12.8. The molecule has 2 N–H and O–H groups in total. The number of hydrogen-bond acceptors (Lipinski definition) is 5. The van der Waals surface area contributed by atoms with Crippen LogP contribution in [0.4, 0.5) is 0 Å². The second-order valence-electron chi connectivity index (χ2n) is 6.88. The summed E-state index contributed by atoms with van der Waals surface area (Å²) < 4.78 is 5.57. The molecule has 0 spiro atoms. The minimum atomic E-state index is -2.58. The number of ketones is 1. The zero-order chi connectivity index (χ0) is 17.4. The zero-order valence-corrected chi connectivity index (χ0v) is 13.8. The van der Waals surface area contributed by atoms with Crippen LogP contribution in [-0.4, -0.2) is 57.3 Å². The molecule has 0 saturated carbocycles. The van der Waals surface area contributed by atoms with Crippen molar-refractivity contribution >= 4 is 17.7 Å². The molecule has 2 unspecified atom stereocenters. The first kappa shape index (κ1) is 17.9. The largest absolute Gasteiger partial charge is 0.480 e. The van der Waals surface area contributed by atoms with Crippen LogP contribution >= 0.6 is 0 Å². The number of nitrogens with zero attached hydrogens (tertiary/aromatic N) is 1. The zero-order valence-electron chi connectivity index (χ0n) is 13.8. The van der Waals surface area contributed by atoms with E-state index < -0.39 is 41.5 Å². The predicted molar refractivity (Wildman–Crippen MR) is 80.4 cm³/mol. The van der Waals surface area contributed by atoms with E-state index in [2.05, 4.69) is 0 Å². The number of rotatable bonds is 3. The Hall–Kier alpha value is -1.47. The lowest BCUT2D eigenvalue weighted by Gasteiger charge is -2.34. The Kier molecular flexibility index (Phi) is 5.10. The van der Waals surface area contributed by atoms with E-state index in [4.69, 9.17) is 4.74 Å². The minimum Gasteiger partial charge on any atom is -0.480 e. The maximum atomic E-state index is 12.8. The third-order valence-electron chi connectivity index (χ3n) is 4.82. The topological polar surface area (TPSA) is 104 Å². The highest BCUT2D eigenvalue weighted by Gasteiger charge is 2.54. The average Bonchev–Trinajstić information content (AvgIpc) is 2.94. The van der Waals surface area contributed by atoms with Gasteiger partial charge >= 0.3 is 11.8 Å². The number of aliphatic hydroxyl groups is 1. The van der Waals surface area contributed by atoms with E-state index in [-0.39, 0.29) is 12.5 Å². The standard InChI is InChI=1S/C16H25NO6/c1-9(2)12-7-6-10(3)13(18)16(22,23-12)15(21)17-8-4-5-11(17)14(19)20/h9-12,22H,4-8H2,1-3H3,(H,19,20)/t10-,11+,12?,16?/m1/s1. The van der Waals surface area contributed by atoms with Gasteiger partial charge in [-0.05, 0) is 31.6 Å². The highest BCUT2D eigenvalue weighted by Crippen LogP contribution is 2.33. The van der Waals surface area contributed by atoms with Crippen molar-refractivity contribution in [2.24, 2.45) is 11.8 Å². The summed E-state index contributed by atoms with van der Waals surface area (Å²) in [6.45, 7) is 5.65. The van der Waals surface area contributed by atoms with E-state index in [1.807, 2.05) is 13.8 Å². The van der Waals surface area contributed by atoms with Crippen molar-refractivity contribution in [3.8, 4) is 0 Å². The van der Waals surface area contributed by atoms with E-state index in [1.165, 1.54) is 0 Å². The molecule has 2 saturated heterocycles. The summed E-state index contributed by atoms with van der Waals surface area (Å²) in [5, 5.41) is 20.0. The minimum absolute atomic E-state index is 0.0290. The number of carboxylic acids is 1. The van der Waals surface area contributed by atoms with Crippen LogP contribution < -0.4 is 0 Å². The second-order valence-corrected chi connectivity index (χ2v) is 6.88. The SMILES string of the molecule is CC(C)C1CC[C@@H](C)C(=O)C(O)(C(=O)N2CCC[C@H]2C(=O)O)O1. The summed E-state index contributed by atoms with van der Waals surface area (Å²) in [6, 6.07) is -1.01. The maximum Gasteiger partial charge on any atom is 0.326 e. The van der Waals surface area contributed by atoms with Crippen molar-refractivity contribution in [1.82, 2.24) is 4.90 Å². The van der Waals surface area contributed by atoms with E-state index in [0.717, 1.165) is 4.90 Å². The molecule has 0 bridgehead atoms. The molecule has 0 radical (unpaired) electrons. The van der Waals surface area contributed by atoms with Gasteiger partial charge in [0.25, 0.3) is 5.91 Å². The molecule has 0 aromatic carbocycles. The Bertz CT molecular complexity index is 505. The van der Waals surface area contributed by atoms with Crippen LogP contribution in [-0.2, 0) is 19.1 Å². The van der Waals surface area contributed by atoms with E-state index in [1.54, 1.807) is 6.92 Å². The number of carbonyl (C=O) groups excluding carboxylic acids is 2. The Morgan fingerprint density at radius 3 is 2.52 bits per heavy atom. The molecule has 2 heterocycles. The Morgan fingerprint density at radius 1 is 1.30 bits per heavy atom. The highest BCUT2D eigenvalue weighted by atomic mass is 16.6. The Labute approximate surface area is 135 Å². The van der Waals surface area contributed by atoms with Gasteiger partial charge in [0, 0.05) is 12.5 Å².